The van der Waals surface area contributed by atoms with Gasteiger partial charge >= 0.3 is 0 Å². The van der Waals surface area contributed by atoms with Crippen LogP contribution in [0.15, 0.2) is 53.4 Å². The SMILES string of the molecule is COc1ccc([C@@H](C)NS(=O)(=O)c2cccc([N+](=O)[O-])c2)cc1. The van der Waals surface area contributed by atoms with E-state index in [1.54, 1.807) is 38.3 Å². The van der Waals surface area contributed by atoms with Gasteiger partial charge in [0.25, 0.3) is 5.69 Å². The van der Waals surface area contributed by atoms with Crippen LogP contribution >= 0.6 is 0 Å². The van der Waals surface area contributed by atoms with Crippen molar-refractivity contribution < 1.29 is 18.1 Å². The van der Waals surface area contributed by atoms with Crippen LogP contribution in [0.1, 0.15) is 18.5 Å². The van der Waals surface area contributed by atoms with Gasteiger partial charge in [0.05, 0.1) is 16.9 Å². The molecule has 0 fully saturated rings. The largest absolute Gasteiger partial charge is 0.497 e. The van der Waals surface area contributed by atoms with Crippen LogP contribution < -0.4 is 9.46 Å². The summed E-state index contributed by atoms with van der Waals surface area (Å²) in [7, 11) is -2.32. The molecule has 0 aromatic heterocycles. The van der Waals surface area contributed by atoms with E-state index in [9.17, 15) is 18.5 Å². The number of nitrogens with one attached hydrogen (secondary N) is 1. The maximum Gasteiger partial charge on any atom is 0.270 e. The van der Waals surface area contributed by atoms with Crippen molar-refractivity contribution in [3.8, 4) is 5.75 Å². The first-order chi connectivity index (χ1) is 10.8. The Kier molecular flexibility index (Phi) is 4.97. The van der Waals surface area contributed by atoms with Crippen LogP contribution in [0.5, 0.6) is 5.75 Å². The zero-order chi connectivity index (χ0) is 17.0. The molecule has 23 heavy (non-hydrogen) atoms. The second-order valence-corrected chi connectivity index (χ2v) is 6.58. The van der Waals surface area contributed by atoms with Crippen molar-refractivity contribution in [2.75, 3.05) is 7.11 Å². The molecule has 8 heteroatoms. The number of benzene rings is 2. The van der Waals surface area contributed by atoms with Gasteiger partial charge in [0.15, 0.2) is 0 Å². The maximum atomic E-state index is 12.4. The monoisotopic (exact) mass is 336 g/mol. The highest BCUT2D eigenvalue weighted by molar-refractivity contribution is 7.89. The molecule has 0 bridgehead atoms. The van der Waals surface area contributed by atoms with Crippen LogP contribution in [-0.4, -0.2) is 20.5 Å². The first kappa shape index (κ1) is 16.9. The molecule has 1 N–H and O–H groups in total. The first-order valence-corrected chi connectivity index (χ1v) is 8.22. The van der Waals surface area contributed by atoms with Crippen LogP contribution in [0, 0.1) is 10.1 Å². The third-order valence-corrected chi connectivity index (χ3v) is 4.82. The van der Waals surface area contributed by atoms with Gasteiger partial charge in [-0.15, -0.1) is 0 Å². The lowest BCUT2D eigenvalue weighted by atomic mass is 10.1. The molecule has 0 radical (unpaired) electrons. The molecule has 0 amide bonds. The topological polar surface area (TPSA) is 98.5 Å². The van der Waals surface area contributed by atoms with E-state index in [2.05, 4.69) is 4.72 Å². The summed E-state index contributed by atoms with van der Waals surface area (Å²) in [6.45, 7) is 1.69. The predicted molar refractivity (Wildman–Crippen MR) is 84.8 cm³/mol. The molecular weight excluding hydrogens is 320 g/mol. The third-order valence-electron chi connectivity index (χ3n) is 3.29. The summed E-state index contributed by atoms with van der Waals surface area (Å²) < 4.78 is 32.3. The first-order valence-electron chi connectivity index (χ1n) is 6.74. The Labute approximate surface area is 134 Å². The number of methoxy groups -OCH3 is 1. The van der Waals surface area contributed by atoms with Gasteiger partial charge in [0.2, 0.25) is 10.0 Å². The maximum absolute atomic E-state index is 12.4. The Morgan fingerprint density at radius 2 is 1.83 bits per heavy atom. The summed E-state index contributed by atoms with van der Waals surface area (Å²) in [4.78, 5) is 9.98. The van der Waals surface area contributed by atoms with Crippen molar-refractivity contribution in [3.05, 3.63) is 64.2 Å². The molecular formula is C15H16N2O5S. The molecule has 0 heterocycles. The predicted octanol–water partition coefficient (Wildman–Crippen LogP) is 2.64. The molecule has 0 saturated carbocycles. The number of hydrogen-bond acceptors (Lipinski definition) is 5. The lowest BCUT2D eigenvalue weighted by Crippen LogP contribution is -2.26. The molecule has 0 saturated heterocycles. The minimum absolute atomic E-state index is 0.146. The van der Waals surface area contributed by atoms with Gasteiger partial charge in [-0.1, -0.05) is 18.2 Å². The highest BCUT2D eigenvalue weighted by Crippen LogP contribution is 2.21. The van der Waals surface area contributed by atoms with E-state index >= 15 is 0 Å². The average Bonchev–Trinajstić information content (AvgIpc) is 2.54. The molecule has 2 rings (SSSR count). The molecule has 0 aliphatic carbocycles. The molecule has 0 aliphatic rings. The molecule has 0 unspecified atom stereocenters. The normalized spacial score (nSPS) is 12.6. The number of sulfonamides is 1. The van der Waals surface area contributed by atoms with E-state index in [4.69, 9.17) is 4.74 Å². The summed E-state index contributed by atoms with van der Waals surface area (Å²) >= 11 is 0. The van der Waals surface area contributed by atoms with Crippen molar-refractivity contribution in [1.29, 1.82) is 0 Å². The van der Waals surface area contributed by atoms with E-state index < -0.39 is 21.0 Å². The fourth-order valence-corrected chi connectivity index (χ4v) is 3.30. The number of non-ortho nitro benzene ring substituents is 1. The highest BCUT2D eigenvalue weighted by Gasteiger charge is 2.20. The van der Waals surface area contributed by atoms with E-state index in [1.807, 2.05) is 0 Å². The number of rotatable bonds is 6. The Morgan fingerprint density at radius 1 is 1.17 bits per heavy atom. The van der Waals surface area contributed by atoms with E-state index in [-0.39, 0.29) is 10.6 Å². The second kappa shape index (κ2) is 6.76. The number of hydrogen-bond donors (Lipinski definition) is 1. The van der Waals surface area contributed by atoms with E-state index in [0.717, 1.165) is 11.6 Å². The summed E-state index contributed by atoms with van der Waals surface area (Å²) in [5.41, 5.74) is 0.477. The molecule has 7 nitrogen and oxygen atoms in total. The van der Waals surface area contributed by atoms with Crippen LogP contribution in [0.2, 0.25) is 0 Å². The van der Waals surface area contributed by atoms with Crippen molar-refractivity contribution in [2.24, 2.45) is 0 Å². The van der Waals surface area contributed by atoms with Crippen molar-refractivity contribution in [3.63, 3.8) is 0 Å². The van der Waals surface area contributed by atoms with Gasteiger partial charge < -0.3 is 4.74 Å². The van der Waals surface area contributed by atoms with Gasteiger partial charge in [-0.05, 0) is 30.7 Å². The Morgan fingerprint density at radius 3 is 2.39 bits per heavy atom. The Bertz CT molecular complexity index is 803. The van der Waals surface area contributed by atoms with E-state index in [1.165, 1.54) is 18.2 Å². The fraction of sp³-hybridized carbons (Fsp3) is 0.200. The van der Waals surface area contributed by atoms with Gasteiger partial charge in [-0.2, -0.15) is 0 Å². The van der Waals surface area contributed by atoms with Crippen LogP contribution in [0.3, 0.4) is 0 Å². The number of nitrogens with zero attached hydrogens (tertiary/aromatic N) is 1. The lowest BCUT2D eigenvalue weighted by molar-refractivity contribution is -0.385. The van der Waals surface area contributed by atoms with Crippen molar-refractivity contribution in [1.82, 2.24) is 4.72 Å². The van der Waals surface area contributed by atoms with Crippen molar-refractivity contribution >= 4 is 15.7 Å². The molecule has 122 valence electrons. The zero-order valence-corrected chi connectivity index (χ0v) is 13.4. The summed E-state index contributed by atoms with van der Waals surface area (Å²) in [5, 5.41) is 10.8. The molecule has 1 atom stereocenters. The number of ether oxygens (including phenoxy) is 1. The fourth-order valence-electron chi connectivity index (χ4n) is 2.03. The minimum atomic E-state index is -3.87. The number of nitro groups is 1. The highest BCUT2D eigenvalue weighted by atomic mass is 32.2. The smallest absolute Gasteiger partial charge is 0.270 e. The average molecular weight is 336 g/mol. The van der Waals surface area contributed by atoms with Crippen LogP contribution in [-0.2, 0) is 10.0 Å². The Hall–Kier alpha value is -2.45. The van der Waals surface area contributed by atoms with Gasteiger partial charge in [-0.3, -0.25) is 10.1 Å². The second-order valence-electron chi connectivity index (χ2n) is 4.87. The molecule has 2 aromatic carbocycles. The Balaban J connectivity index is 2.22. The standard InChI is InChI=1S/C15H16N2O5S/c1-11(12-6-8-14(22-2)9-7-12)16-23(20,21)15-5-3-4-13(10-15)17(18)19/h3-11,16H,1-2H3/t11-/m1/s1. The number of nitro benzene ring substituents is 1. The van der Waals surface area contributed by atoms with Crippen LogP contribution in [0.25, 0.3) is 0 Å². The quantitative estimate of drug-likeness (QED) is 0.646. The minimum Gasteiger partial charge on any atom is -0.497 e. The zero-order valence-electron chi connectivity index (χ0n) is 12.6. The summed E-state index contributed by atoms with van der Waals surface area (Å²) in [5.74, 6) is 0.669. The molecule has 0 aliphatic heterocycles. The van der Waals surface area contributed by atoms with Crippen LogP contribution in [0.4, 0.5) is 5.69 Å². The van der Waals surface area contributed by atoms with Gasteiger partial charge in [0.1, 0.15) is 5.75 Å². The lowest BCUT2D eigenvalue weighted by Gasteiger charge is -2.15. The molecule has 0 spiro atoms. The summed E-state index contributed by atoms with van der Waals surface area (Å²) in [6.07, 6.45) is 0. The van der Waals surface area contributed by atoms with E-state index in [0.29, 0.717) is 5.75 Å². The molecule has 2 aromatic rings. The van der Waals surface area contributed by atoms with Gasteiger partial charge in [0, 0.05) is 18.2 Å². The van der Waals surface area contributed by atoms with Crippen molar-refractivity contribution in [2.45, 2.75) is 17.9 Å². The van der Waals surface area contributed by atoms with Gasteiger partial charge in [-0.25, -0.2) is 13.1 Å². The third kappa shape index (κ3) is 4.05. The summed E-state index contributed by atoms with van der Waals surface area (Å²) in [6, 6.07) is 11.4.